The highest BCUT2D eigenvalue weighted by Gasteiger charge is 2.19. The summed E-state index contributed by atoms with van der Waals surface area (Å²) in [6, 6.07) is 4.10. The van der Waals surface area contributed by atoms with E-state index < -0.39 is 0 Å². The van der Waals surface area contributed by atoms with Gasteiger partial charge in [-0.05, 0) is 30.9 Å². The van der Waals surface area contributed by atoms with E-state index >= 15 is 0 Å². The lowest BCUT2D eigenvalue weighted by Gasteiger charge is -2.14. The molecule has 2 rings (SSSR count). The molecule has 1 atom stereocenters. The molecule has 0 radical (unpaired) electrons. The minimum atomic E-state index is 0.261. The number of hydrogen-bond acceptors (Lipinski definition) is 1. The Morgan fingerprint density at radius 2 is 2.19 bits per heavy atom. The molecule has 1 aliphatic rings. The molecule has 0 spiro atoms. The Morgan fingerprint density at radius 1 is 1.44 bits per heavy atom. The Morgan fingerprint density at radius 3 is 2.88 bits per heavy atom. The van der Waals surface area contributed by atoms with Crippen molar-refractivity contribution in [2.24, 2.45) is 5.92 Å². The van der Waals surface area contributed by atoms with Gasteiger partial charge in [-0.3, -0.25) is 4.98 Å². The van der Waals surface area contributed by atoms with Crippen LogP contribution in [-0.2, 0) is 6.42 Å². The molecular weight excluding hydrogens is 218 g/mol. The predicted octanol–water partition coefficient (Wildman–Crippen LogP) is 4.12. The van der Waals surface area contributed by atoms with Crippen molar-refractivity contribution in [2.45, 2.75) is 50.8 Å². The molecule has 0 amide bonds. The van der Waals surface area contributed by atoms with E-state index in [-0.39, 0.29) is 5.38 Å². The van der Waals surface area contributed by atoms with Crippen LogP contribution in [0.2, 0.25) is 0 Å². The van der Waals surface area contributed by atoms with Crippen LogP contribution in [-0.4, -0.2) is 10.4 Å². The monoisotopic (exact) mass is 237 g/mol. The van der Waals surface area contributed by atoms with Crippen molar-refractivity contribution in [2.75, 3.05) is 0 Å². The van der Waals surface area contributed by atoms with Crippen LogP contribution in [0.25, 0.3) is 0 Å². The Hall–Kier alpha value is -0.560. The number of hydrogen-bond donors (Lipinski definition) is 0. The lowest BCUT2D eigenvalue weighted by molar-refractivity contribution is 0.486. The van der Waals surface area contributed by atoms with Gasteiger partial charge in [-0.25, -0.2) is 0 Å². The maximum Gasteiger partial charge on any atom is 0.0447 e. The minimum Gasteiger partial charge on any atom is -0.261 e. The van der Waals surface area contributed by atoms with Crippen molar-refractivity contribution in [3.63, 3.8) is 0 Å². The van der Waals surface area contributed by atoms with Crippen LogP contribution in [0.4, 0.5) is 0 Å². The lowest BCUT2D eigenvalue weighted by atomic mass is 9.98. The summed E-state index contributed by atoms with van der Waals surface area (Å²) in [6.45, 7) is 2.11. The molecule has 16 heavy (non-hydrogen) atoms. The van der Waals surface area contributed by atoms with Gasteiger partial charge in [0.15, 0.2) is 0 Å². The average Bonchev–Trinajstić information content (AvgIpc) is 2.74. The van der Waals surface area contributed by atoms with Gasteiger partial charge in [-0.1, -0.05) is 31.7 Å². The van der Waals surface area contributed by atoms with Gasteiger partial charge >= 0.3 is 0 Å². The van der Waals surface area contributed by atoms with Gasteiger partial charge < -0.3 is 0 Å². The van der Waals surface area contributed by atoms with Gasteiger partial charge in [0.05, 0.1) is 0 Å². The highest BCUT2D eigenvalue weighted by molar-refractivity contribution is 6.20. The second-order valence-corrected chi connectivity index (χ2v) is 5.57. The molecule has 88 valence electrons. The molecule has 1 fully saturated rings. The Labute approximate surface area is 103 Å². The third-order valence-electron chi connectivity index (χ3n) is 3.60. The highest BCUT2D eigenvalue weighted by atomic mass is 35.5. The van der Waals surface area contributed by atoms with E-state index in [1.54, 1.807) is 0 Å². The first-order chi connectivity index (χ1) is 7.75. The zero-order valence-electron chi connectivity index (χ0n) is 9.95. The summed E-state index contributed by atoms with van der Waals surface area (Å²) in [7, 11) is 0. The molecule has 1 aliphatic carbocycles. The summed E-state index contributed by atoms with van der Waals surface area (Å²) in [6.07, 6.45) is 9.51. The van der Waals surface area contributed by atoms with E-state index in [1.165, 1.54) is 36.9 Å². The fourth-order valence-corrected chi connectivity index (χ4v) is 3.03. The molecule has 1 aromatic heterocycles. The molecular formula is C14H20ClN. The maximum absolute atomic E-state index is 6.43. The zero-order chi connectivity index (χ0) is 11.4. The number of halogens is 1. The average molecular weight is 238 g/mol. The third kappa shape index (κ3) is 3.21. The van der Waals surface area contributed by atoms with Gasteiger partial charge in [0.1, 0.15) is 0 Å². The summed E-state index contributed by atoms with van der Waals surface area (Å²) in [5.74, 6) is 0.867. The Bertz CT molecular complexity index is 331. The molecule has 0 saturated heterocycles. The van der Waals surface area contributed by atoms with Gasteiger partial charge in [0, 0.05) is 23.7 Å². The van der Waals surface area contributed by atoms with Crippen molar-refractivity contribution in [3.8, 4) is 0 Å². The van der Waals surface area contributed by atoms with Crippen LogP contribution in [0.3, 0.4) is 0 Å². The van der Waals surface area contributed by atoms with Gasteiger partial charge in [-0.2, -0.15) is 0 Å². The van der Waals surface area contributed by atoms with E-state index in [4.69, 9.17) is 11.6 Å². The van der Waals surface area contributed by atoms with Crippen LogP contribution in [0, 0.1) is 12.8 Å². The summed E-state index contributed by atoms with van der Waals surface area (Å²) in [5.41, 5.74) is 2.43. The largest absolute Gasteiger partial charge is 0.261 e. The Balaban J connectivity index is 1.86. The van der Waals surface area contributed by atoms with Gasteiger partial charge in [0.2, 0.25) is 0 Å². The highest BCUT2D eigenvalue weighted by Crippen LogP contribution is 2.30. The SMILES string of the molecule is Cc1cccnc1CC(Cl)CC1CCCC1. The second-order valence-electron chi connectivity index (χ2n) is 4.95. The molecule has 1 aromatic rings. The van der Waals surface area contributed by atoms with Crippen molar-refractivity contribution < 1.29 is 0 Å². The molecule has 1 heterocycles. The first-order valence-electron chi connectivity index (χ1n) is 6.30. The smallest absolute Gasteiger partial charge is 0.0447 e. The summed E-state index contributed by atoms with van der Waals surface area (Å²) >= 11 is 6.43. The standard InChI is InChI=1S/C14H20ClN/c1-11-5-4-8-16-14(11)10-13(15)9-12-6-2-3-7-12/h4-5,8,12-13H,2-3,6-7,9-10H2,1H3. The van der Waals surface area contributed by atoms with Crippen LogP contribution < -0.4 is 0 Å². The maximum atomic E-state index is 6.43. The number of rotatable bonds is 4. The van der Waals surface area contributed by atoms with Crippen LogP contribution >= 0.6 is 11.6 Å². The number of alkyl halides is 1. The topological polar surface area (TPSA) is 12.9 Å². The van der Waals surface area contributed by atoms with Gasteiger partial charge in [0.25, 0.3) is 0 Å². The van der Waals surface area contributed by atoms with Crippen molar-refractivity contribution in [1.82, 2.24) is 4.98 Å². The lowest BCUT2D eigenvalue weighted by Crippen LogP contribution is -2.10. The van der Waals surface area contributed by atoms with E-state index in [1.807, 2.05) is 12.3 Å². The molecule has 1 saturated carbocycles. The number of pyridine rings is 1. The van der Waals surface area contributed by atoms with E-state index in [0.29, 0.717) is 0 Å². The predicted molar refractivity (Wildman–Crippen MR) is 68.9 cm³/mol. The molecule has 2 heteroatoms. The second kappa shape index (κ2) is 5.67. The third-order valence-corrected chi connectivity index (χ3v) is 3.93. The fourth-order valence-electron chi connectivity index (χ4n) is 2.63. The zero-order valence-corrected chi connectivity index (χ0v) is 10.7. The number of aryl methyl sites for hydroxylation is 1. The summed E-state index contributed by atoms with van der Waals surface area (Å²) in [5, 5.41) is 0.261. The molecule has 1 unspecified atom stereocenters. The van der Waals surface area contributed by atoms with E-state index in [0.717, 1.165) is 18.8 Å². The number of nitrogens with zero attached hydrogens (tertiary/aromatic N) is 1. The van der Waals surface area contributed by atoms with Gasteiger partial charge in [-0.15, -0.1) is 11.6 Å². The molecule has 0 bridgehead atoms. The minimum absolute atomic E-state index is 0.261. The van der Waals surface area contributed by atoms with Crippen molar-refractivity contribution in [1.29, 1.82) is 0 Å². The molecule has 0 N–H and O–H groups in total. The van der Waals surface area contributed by atoms with Crippen LogP contribution in [0.5, 0.6) is 0 Å². The van der Waals surface area contributed by atoms with Crippen molar-refractivity contribution >= 4 is 11.6 Å². The summed E-state index contributed by atoms with van der Waals surface area (Å²) in [4.78, 5) is 4.41. The molecule has 1 nitrogen and oxygen atoms in total. The quantitative estimate of drug-likeness (QED) is 0.718. The normalized spacial score (nSPS) is 18.9. The molecule has 0 aromatic carbocycles. The van der Waals surface area contributed by atoms with E-state index in [9.17, 15) is 0 Å². The Kier molecular flexibility index (Phi) is 4.22. The van der Waals surface area contributed by atoms with Crippen LogP contribution in [0.1, 0.15) is 43.4 Å². The summed E-state index contributed by atoms with van der Waals surface area (Å²) < 4.78 is 0. The van der Waals surface area contributed by atoms with Crippen LogP contribution in [0.15, 0.2) is 18.3 Å². The fraction of sp³-hybridized carbons (Fsp3) is 0.643. The van der Waals surface area contributed by atoms with E-state index in [2.05, 4.69) is 18.0 Å². The first kappa shape index (κ1) is 11.9. The molecule has 0 aliphatic heterocycles. The van der Waals surface area contributed by atoms with Crippen molar-refractivity contribution in [3.05, 3.63) is 29.6 Å². The number of aromatic nitrogens is 1. The first-order valence-corrected chi connectivity index (χ1v) is 6.74.